The number of hydrogen-bond donors (Lipinski definition) is 0. The Morgan fingerprint density at radius 3 is 2.61 bits per heavy atom. The van der Waals surface area contributed by atoms with Crippen molar-refractivity contribution in [2.75, 3.05) is 13.7 Å². The summed E-state index contributed by atoms with van der Waals surface area (Å²) in [5.41, 5.74) is 5.08. The van der Waals surface area contributed by atoms with Crippen molar-refractivity contribution in [3.05, 3.63) is 90.9 Å². The van der Waals surface area contributed by atoms with Gasteiger partial charge in [0.05, 0.1) is 37.6 Å². The van der Waals surface area contributed by atoms with Gasteiger partial charge in [0.1, 0.15) is 0 Å². The van der Waals surface area contributed by atoms with Gasteiger partial charge in [-0.05, 0) is 55.0 Å². The zero-order valence-electron chi connectivity index (χ0n) is 20.0. The van der Waals surface area contributed by atoms with E-state index < -0.39 is 0 Å². The van der Waals surface area contributed by atoms with Crippen LogP contribution in [0.1, 0.15) is 24.9 Å². The van der Waals surface area contributed by atoms with Crippen LogP contribution >= 0.6 is 0 Å². The summed E-state index contributed by atoms with van der Waals surface area (Å²) >= 11 is 0. The van der Waals surface area contributed by atoms with E-state index in [1.807, 2.05) is 60.8 Å². The average molecular weight is 480 g/mol. The summed E-state index contributed by atoms with van der Waals surface area (Å²) in [7, 11) is 1.57. The molecule has 0 saturated heterocycles. The van der Waals surface area contributed by atoms with Crippen molar-refractivity contribution in [3.8, 4) is 28.4 Å². The number of esters is 1. The second kappa shape index (κ2) is 10.4. The SMILES string of the molecule is CCOC(=O)CC(c1ccc(OC)nc1)n1ccc(-c2cccc(-c3ccc4cccnc4n3)c2)n1. The van der Waals surface area contributed by atoms with Crippen molar-refractivity contribution < 1.29 is 14.3 Å². The van der Waals surface area contributed by atoms with Crippen molar-refractivity contribution in [1.29, 1.82) is 0 Å². The van der Waals surface area contributed by atoms with E-state index in [-0.39, 0.29) is 18.4 Å². The highest BCUT2D eigenvalue weighted by Crippen LogP contribution is 2.28. The first-order chi connectivity index (χ1) is 17.6. The molecule has 5 rings (SSSR count). The zero-order valence-corrected chi connectivity index (χ0v) is 20.0. The Morgan fingerprint density at radius 1 is 0.972 bits per heavy atom. The second-order valence-electron chi connectivity index (χ2n) is 8.17. The average Bonchev–Trinajstić information content (AvgIpc) is 3.42. The van der Waals surface area contributed by atoms with Gasteiger partial charge in [0, 0.05) is 41.2 Å². The van der Waals surface area contributed by atoms with Crippen LogP contribution in [0.3, 0.4) is 0 Å². The molecule has 4 heterocycles. The number of nitrogens with zero attached hydrogens (tertiary/aromatic N) is 5. The fraction of sp³-hybridized carbons (Fsp3) is 0.179. The first kappa shape index (κ1) is 23.2. The highest BCUT2D eigenvalue weighted by molar-refractivity contribution is 5.79. The van der Waals surface area contributed by atoms with E-state index >= 15 is 0 Å². The first-order valence-corrected chi connectivity index (χ1v) is 11.7. The maximum Gasteiger partial charge on any atom is 0.308 e. The lowest BCUT2D eigenvalue weighted by Gasteiger charge is -2.17. The molecule has 0 bridgehead atoms. The summed E-state index contributed by atoms with van der Waals surface area (Å²) in [4.78, 5) is 25.8. The highest BCUT2D eigenvalue weighted by atomic mass is 16.5. The summed E-state index contributed by atoms with van der Waals surface area (Å²) in [6, 6.07) is 21.2. The van der Waals surface area contributed by atoms with Gasteiger partial charge in [-0.25, -0.2) is 15.0 Å². The third kappa shape index (κ3) is 4.93. The third-order valence-electron chi connectivity index (χ3n) is 5.86. The third-order valence-corrected chi connectivity index (χ3v) is 5.86. The quantitative estimate of drug-likeness (QED) is 0.286. The molecule has 8 heteroatoms. The number of methoxy groups -OCH3 is 1. The highest BCUT2D eigenvalue weighted by Gasteiger charge is 2.21. The summed E-state index contributed by atoms with van der Waals surface area (Å²) in [6.45, 7) is 2.11. The van der Waals surface area contributed by atoms with Crippen molar-refractivity contribution in [3.63, 3.8) is 0 Å². The van der Waals surface area contributed by atoms with E-state index in [2.05, 4.69) is 16.0 Å². The van der Waals surface area contributed by atoms with Crippen molar-refractivity contribution >= 4 is 17.0 Å². The summed E-state index contributed by atoms with van der Waals surface area (Å²) in [5.74, 6) is 0.206. The lowest BCUT2D eigenvalue weighted by Crippen LogP contribution is -2.18. The zero-order chi connectivity index (χ0) is 24.9. The predicted molar refractivity (Wildman–Crippen MR) is 136 cm³/mol. The smallest absolute Gasteiger partial charge is 0.308 e. The number of fused-ring (bicyclic) bond motifs is 1. The first-order valence-electron chi connectivity index (χ1n) is 11.7. The van der Waals surface area contributed by atoms with E-state index in [1.54, 1.807) is 37.2 Å². The molecule has 5 aromatic rings. The molecule has 0 aliphatic rings. The number of aromatic nitrogens is 5. The van der Waals surface area contributed by atoms with Crippen LogP contribution in [0.5, 0.6) is 5.88 Å². The largest absolute Gasteiger partial charge is 0.481 e. The fourth-order valence-corrected chi connectivity index (χ4v) is 4.07. The van der Waals surface area contributed by atoms with E-state index in [4.69, 9.17) is 19.6 Å². The number of carbonyl (C=O) groups excluding carboxylic acids is 1. The minimum Gasteiger partial charge on any atom is -0.481 e. The lowest BCUT2D eigenvalue weighted by atomic mass is 10.1. The van der Waals surface area contributed by atoms with Gasteiger partial charge in [0.25, 0.3) is 0 Å². The molecule has 0 fully saturated rings. The minimum atomic E-state index is -0.368. The van der Waals surface area contributed by atoms with Crippen LogP contribution in [0.15, 0.2) is 85.3 Å². The maximum atomic E-state index is 12.4. The molecule has 1 atom stereocenters. The standard InChI is InChI=1S/C28H25N5O3/c1-3-36-27(34)17-25(22-10-12-26(35-2)30-18-22)33-15-13-24(32-33)21-7-4-6-20(16-21)23-11-9-19-8-5-14-29-28(19)31-23/h4-16,18,25H,3,17H2,1-2H3. The van der Waals surface area contributed by atoms with Crippen LogP contribution in [0.4, 0.5) is 0 Å². The Hall–Kier alpha value is -4.59. The normalized spacial score (nSPS) is 11.8. The van der Waals surface area contributed by atoms with Gasteiger partial charge in [0.2, 0.25) is 5.88 Å². The number of hydrogen-bond acceptors (Lipinski definition) is 7. The van der Waals surface area contributed by atoms with Gasteiger partial charge in [-0.1, -0.05) is 18.2 Å². The molecular formula is C28H25N5O3. The molecule has 0 saturated carbocycles. The number of rotatable bonds is 8. The van der Waals surface area contributed by atoms with Crippen LogP contribution in [-0.4, -0.2) is 44.4 Å². The van der Waals surface area contributed by atoms with Crippen LogP contribution in [0.25, 0.3) is 33.5 Å². The Balaban J connectivity index is 1.46. The molecule has 1 aromatic carbocycles. The number of pyridine rings is 3. The molecule has 0 radical (unpaired) electrons. The van der Waals surface area contributed by atoms with Gasteiger partial charge in [0.15, 0.2) is 5.65 Å². The number of carbonyl (C=O) groups is 1. The van der Waals surface area contributed by atoms with Gasteiger partial charge < -0.3 is 9.47 Å². The van der Waals surface area contributed by atoms with Gasteiger partial charge in [-0.15, -0.1) is 0 Å². The molecular weight excluding hydrogens is 454 g/mol. The second-order valence-corrected chi connectivity index (χ2v) is 8.17. The molecule has 0 spiro atoms. The Morgan fingerprint density at radius 2 is 1.83 bits per heavy atom. The molecule has 0 amide bonds. The minimum absolute atomic E-state index is 0.136. The molecule has 4 aromatic heterocycles. The predicted octanol–water partition coefficient (Wildman–Crippen LogP) is 5.11. The summed E-state index contributed by atoms with van der Waals surface area (Å²) in [6.07, 6.45) is 5.45. The lowest BCUT2D eigenvalue weighted by molar-refractivity contribution is -0.143. The van der Waals surface area contributed by atoms with Crippen LogP contribution in [-0.2, 0) is 9.53 Å². The molecule has 1 unspecified atom stereocenters. The number of benzene rings is 1. The van der Waals surface area contributed by atoms with Crippen molar-refractivity contribution in [1.82, 2.24) is 24.7 Å². The Bertz CT molecular complexity index is 1500. The molecule has 36 heavy (non-hydrogen) atoms. The van der Waals surface area contributed by atoms with Crippen molar-refractivity contribution in [2.24, 2.45) is 0 Å². The van der Waals surface area contributed by atoms with E-state index in [0.717, 1.165) is 33.5 Å². The van der Waals surface area contributed by atoms with Crippen LogP contribution in [0.2, 0.25) is 0 Å². The van der Waals surface area contributed by atoms with Crippen LogP contribution in [0, 0.1) is 0 Å². The van der Waals surface area contributed by atoms with Gasteiger partial charge in [-0.2, -0.15) is 5.10 Å². The Kier molecular flexibility index (Phi) is 6.66. The van der Waals surface area contributed by atoms with E-state index in [9.17, 15) is 4.79 Å². The van der Waals surface area contributed by atoms with E-state index in [1.165, 1.54) is 0 Å². The van der Waals surface area contributed by atoms with Crippen molar-refractivity contribution in [2.45, 2.75) is 19.4 Å². The summed E-state index contributed by atoms with van der Waals surface area (Å²) < 4.78 is 12.2. The van der Waals surface area contributed by atoms with Gasteiger partial charge in [-0.3, -0.25) is 9.48 Å². The molecule has 0 aliphatic heterocycles. The Labute approximate surface area is 208 Å². The fourth-order valence-electron chi connectivity index (χ4n) is 4.07. The maximum absolute atomic E-state index is 12.4. The summed E-state index contributed by atoms with van der Waals surface area (Å²) in [5, 5.41) is 5.81. The topological polar surface area (TPSA) is 92.0 Å². The molecule has 0 N–H and O–H groups in total. The van der Waals surface area contributed by atoms with Crippen LogP contribution < -0.4 is 4.74 Å². The molecule has 0 aliphatic carbocycles. The van der Waals surface area contributed by atoms with E-state index in [0.29, 0.717) is 18.1 Å². The monoisotopic (exact) mass is 479 g/mol. The molecule has 180 valence electrons. The molecule has 8 nitrogen and oxygen atoms in total. The van der Waals surface area contributed by atoms with Gasteiger partial charge >= 0.3 is 5.97 Å². The number of ether oxygens (including phenoxy) is 2.